The first kappa shape index (κ1) is 12.8. The topological polar surface area (TPSA) is 49.8 Å². The molecule has 2 aromatic carbocycles. The molecule has 104 valence electrons. The minimum atomic E-state index is 0.719. The maximum Gasteiger partial charge on any atom is 0.202 e. The number of rotatable bonds is 3. The number of anilines is 2. The van der Waals surface area contributed by atoms with Crippen LogP contribution in [0.3, 0.4) is 0 Å². The molecule has 0 unspecified atom stereocenters. The van der Waals surface area contributed by atoms with Crippen LogP contribution in [0.25, 0.3) is 20.4 Å². The Morgan fingerprint density at radius 3 is 2.24 bits per heavy atom. The summed E-state index contributed by atoms with van der Waals surface area (Å²) in [4.78, 5) is 8.98. The van der Waals surface area contributed by atoms with E-state index in [2.05, 4.69) is 26.9 Å². The first-order valence-corrected chi connectivity index (χ1v) is 8.23. The Morgan fingerprint density at radius 2 is 1.48 bits per heavy atom. The molecule has 4 rings (SSSR count). The third-order valence-corrected chi connectivity index (χ3v) is 5.04. The zero-order valence-electron chi connectivity index (χ0n) is 10.6. The Kier molecular flexibility index (Phi) is 3.14. The van der Waals surface area contributed by atoms with E-state index < -0.39 is 0 Å². The van der Waals surface area contributed by atoms with Crippen LogP contribution in [-0.4, -0.2) is 9.97 Å². The maximum absolute atomic E-state index is 5.98. The summed E-state index contributed by atoms with van der Waals surface area (Å²) >= 11 is 9.12. The van der Waals surface area contributed by atoms with Gasteiger partial charge < -0.3 is 0 Å². The highest BCUT2D eigenvalue weighted by Crippen LogP contribution is 2.29. The quantitative estimate of drug-likeness (QED) is 0.518. The van der Waals surface area contributed by atoms with Crippen molar-refractivity contribution in [2.75, 3.05) is 10.9 Å². The molecule has 0 amide bonds. The van der Waals surface area contributed by atoms with E-state index in [9.17, 15) is 0 Å². The number of hydrogen-bond donors (Lipinski definition) is 2. The normalized spacial score (nSPS) is 11.1. The Bertz CT molecular complexity index is 898. The number of para-hydroxylation sites is 1. The van der Waals surface area contributed by atoms with E-state index in [0.717, 1.165) is 35.7 Å². The molecule has 0 spiro atoms. The maximum atomic E-state index is 5.98. The van der Waals surface area contributed by atoms with Gasteiger partial charge in [0.2, 0.25) is 10.3 Å². The molecule has 0 saturated carbocycles. The molecule has 0 fully saturated rings. The summed E-state index contributed by atoms with van der Waals surface area (Å²) in [5.74, 6) is 0. The number of fused-ring (bicyclic) bond motifs is 2. The number of hydrogen-bond acceptors (Lipinski definition) is 6. The fourth-order valence-corrected chi connectivity index (χ4v) is 3.90. The number of nitrogens with one attached hydrogen (secondary N) is 2. The van der Waals surface area contributed by atoms with Gasteiger partial charge >= 0.3 is 0 Å². The lowest BCUT2D eigenvalue weighted by Crippen LogP contribution is -2.07. The van der Waals surface area contributed by atoms with Gasteiger partial charge in [0, 0.05) is 5.02 Å². The second-order valence-corrected chi connectivity index (χ2v) is 6.87. The molecule has 0 aliphatic carbocycles. The summed E-state index contributed by atoms with van der Waals surface area (Å²) in [5.41, 5.74) is 8.11. The van der Waals surface area contributed by atoms with E-state index in [-0.39, 0.29) is 0 Å². The third-order valence-electron chi connectivity index (χ3n) is 2.92. The number of aromatic nitrogens is 2. The van der Waals surface area contributed by atoms with Crippen molar-refractivity contribution in [1.29, 1.82) is 0 Å². The van der Waals surface area contributed by atoms with E-state index >= 15 is 0 Å². The molecule has 2 aromatic heterocycles. The highest BCUT2D eigenvalue weighted by molar-refractivity contribution is 7.23. The van der Waals surface area contributed by atoms with Crippen molar-refractivity contribution in [3.05, 3.63) is 47.5 Å². The average molecular weight is 333 g/mol. The van der Waals surface area contributed by atoms with Gasteiger partial charge in [0.15, 0.2) is 0 Å². The zero-order chi connectivity index (χ0) is 14.2. The third kappa shape index (κ3) is 2.53. The van der Waals surface area contributed by atoms with E-state index in [1.165, 1.54) is 0 Å². The van der Waals surface area contributed by atoms with Gasteiger partial charge in [-0.25, -0.2) is 9.97 Å². The van der Waals surface area contributed by atoms with Gasteiger partial charge in [-0.2, -0.15) is 0 Å². The van der Waals surface area contributed by atoms with Gasteiger partial charge in [0.1, 0.15) is 0 Å². The first-order valence-electron chi connectivity index (χ1n) is 6.22. The summed E-state index contributed by atoms with van der Waals surface area (Å²) in [6.45, 7) is 0. The lowest BCUT2D eigenvalue weighted by Gasteiger charge is -2.01. The monoisotopic (exact) mass is 332 g/mol. The molecular formula is C14H9ClN4S2. The lowest BCUT2D eigenvalue weighted by atomic mass is 10.3. The number of nitrogens with zero attached hydrogens (tertiary/aromatic N) is 2. The van der Waals surface area contributed by atoms with Crippen LogP contribution in [0.2, 0.25) is 5.02 Å². The van der Waals surface area contributed by atoms with Crippen LogP contribution in [0.15, 0.2) is 42.5 Å². The number of hydrazine groups is 1. The fourth-order valence-electron chi connectivity index (χ4n) is 1.98. The lowest BCUT2D eigenvalue weighted by molar-refractivity contribution is 1.33. The highest BCUT2D eigenvalue weighted by atomic mass is 35.5. The van der Waals surface area contributed by atoms with Crippen LogP contribution < -0.4 is 10.9 Å². The van der Waals surface area contributed by atoms with Crippen molar-refractivity contribution in [2.45, 2.75) is 0 Å². The van der Waals surface area contributed by atoms with E-state index in [4.69, 9.17) is 11.6 Å². The summed E-state index contributed by atoms with van der Waals surface area (Å²) < 4.78 is 2.20. The van der Waals surface area contributed by atoms with Crippen LogP contribution in [0.1, 0.15) is 0 Å². The first-order chi connectivity index (χ1) is 10.3. The van der Waals surface area contributed by atoms with Crippen LogP contribution in [0.4, 0.5) is 10.3 Å². The minimum Gasteiger partial charge on any atom is -0.274 e. The molecule has 0 bridgehead atoms. The van der Waals surface area contributed by atoms with Crippen molar-refractivity contribution < 1.29 is 0 Å². The van der Waals surface area contributed by atoms with Gasteiger partial charge in [0.05, 0.1) is 20.4 Å². The Labute approximate surface area is 133 Å². The van der Waals surface area contributed by atoms with Crippen LogP contribution in [-0.2, 0) is 0 Å². The minimum absolute atomic E-state index is 0.719. The SMILES string of the molecule is Clc1ccc2nc(NNc3nc4ccccc4s3)sc2c1. The van der Waals surface area contributed by atoms with E-state index in [0.29, 0.717) is 0 Å². The average Bonchev–Trinajstić information content (AvgIpc) is 3.07. The molecular weight excluding hydrogens is 324 g/mol. The number of thiazole rings is 2. The molecule has 0 radical (unpaired) electrons. The molecule has 0 saturated heterocycles. The Balaban J connectivity index is 1.57. The van der Waals surface area contributed by atoms with Crippen molar-refractivity contribution in [2.24, 2.45) is 0 Å². The van der Waals surface area contributed by atoms with E-state index in [1.807, 2.05) is 36.4 Å². The molecule has 0 aliphatic rings. The van der Waals surface area contributed by atoms with Crippen LogP contribution >= 0.6 is 34.3 Å². The summed E-state index contributed by atoms with van der Waals surface area (Å²) in [7, 11) is 0. The highest BCUT2D eigenvalue weighted by Gasteiger charge is 2.06. The smallest absolute Gasteiger partial charge is 0.202 e. The van der Waals surface area contributed by atoms with Crippen molar-refractivity contribution in [3.8, 4) is 0 Å². The van der Waals surface area contributed by atoms with Gasteiger partial charge in [-0.3, -0.25) is 10.9 Å². The van der Waals surface area contributed by atoms with Crippen LogP contribution in [0.5, 0.6) is 0 Å². The summed E-state index contributed by atoms with van der Waals surface area (Å²) in [5, 5.41) is 2.32. The van der Waals surface area contributed by atoms with Gasteiger partial charge in [-0.1, -0.05) is 46.4 Å². The fraction of sp³-hybridized carbons (Fsp3) is 0. The standard InChI is InChI=1S/C14H9ClN4S2/c15-8-5-6-10-12(7-8)21-14(17-10)19-18-13-16-9-3-1-2-4-11(9)20-13/h1-7H,(H,16,18)(H,17,19). The van der Waals surface area contributed by atoms with E-state index in [1.54, 1.807) is 22.7 Å². The second kappa shape index (κ2) is 5.14. The predicted octanol–water partition coefficient (Wildman–Crippen LogP) is 5.00. The molecule has 0 aliphatic heterocycles. The predicted molar refractivity (Wildman–Crippen MR) is 91.5 cm³/mol. The van der Waals surface area contributed by atoms with Gasteiger partial charge in [0.25, 0.3) is 0 Å². The molecule has 2 heterocycles. The summed E-state index contributed by atoms with van der Waals surface area (Å²) in [6.07, 6.45) is 0. The van der Waals surface area contributed by atoms with Gasteiger partial charge in [-0.05, 0) is 30.3 Å². The number of benzene rings is 2. The van der Waals surface area contributed by atoms with Crippen LogP contribution in [0, 0.1) is 0 Å². The largest absolute Gasteiger partial charge is 0.274 e. The molecule has 7 heteroatoms. The molecule has 2 N–H and O–H groups in total. The Hall–Kier alpha value is -1.89. The van der Waals surface area contributed by atoms with Crippen molar-refractivity contribution in [1.82, 2.24) is 9.97 Å². The van der Waals surface area contributed by atoms with Gasteiger partial charge in [-0.15, -0.1) is 0 Å². The van der Waals surface area contributed by atoms with Crippen molar-refractivity contribution >= 4 is 65.0 Å². The molecule has 0 atom stereocenters. The molecule has 4 aromatic rings. The number of halogens is 1. The summed E-state index contributed by atoms with van der Waals surface area (Å²) in [6, 6.07) is 13.7. The zero-order valence-corrected chi connectivity index (χ0v) is 13.0. The van der Waals surface area contributed by atoms with Crippen molar-refractivity contribution in [3.63, 3.8) is 0 Å². The Morgan fingerprint density at radius 1 is 0.810 bits per heavy atom. The second-order valence-electron chi connectivity index (χ2n) is 4.37. The molecule has 21 heavy (non-hydrogen) atoms. The molecule has 4 nitrogen and oxygen atoms in total.